The third-order valence-corrected chi connectivity index (χ3v) is 5.54. The minimum absolute atomic E-state index is 0.0152. The summed E-state index contributed by atoms with van der Waals surface area (Å²) in [5.74, 6) is 1.57. The number of nitrogens with zero attached hydrogens (tertiary/aromatic N) is 3. The number of nitrogens with two attached hydrogens (primary N) is 1. The number of aromatic nitrogens is 2. The number of hydrogen-bond donors (Lipinski definition) is 2. The van der Waals surface area contributed by atoms with Gasteiger partial charge in [-0.1, -0.05) is 13.8 Å². The van der Waals surface area contributed by atoms with E-state index in [-0.39, 0.29) is 17.9 Å². The normalized spacial score (nSPS) is 19.4. The Balaban J connectivity index is 1.68. The maximum Gasteiger partial charge on any atom is 0.225 e. The Morgan fingerprint density at radius 1 is 1.48 bits per heavy atom. The van der Waals surface area contributed by atoms with Crippen LogP contribution >= 0.6 is 11.3 Å². The molecule has 2 atom stereocenters. The monoisotopic (exact) mass is 361 g/mol. The van der Waals surface area contributed by atoms with Crippen molar-refractivity contribution >= 4 is 33.3 Å². The number of piperidine rings is 1. The molecule has 1 aliphatic rings. The Morgan fingerprint density at radius 2 is 2.32 bits per heavy atom. The molecule has 25 heavy (non-hydrogen) atoms. The molecule has 0 aliphatic carbocycles. The average Bonchev–Trinajstić information content (AvgIpc) is 3.09. The molecule has 1 aliphatic heterocycles. The molecule has 3 rings (SSSR count). The zero-order valence-corrected chi connectivity index (χ0v) is 15.8. The van der Waals surface area contributed by atoms with Gasteiger partial charge in [-0.2, -0.15) is 0 Å². The van der Waals surface area contributed by atoms with Crippen LogP contribution in [0.5, 0.6) is 0 Å². The molecule has 1 saturated heterocycles. The first-order valence-electron chi connectivity index (χ1n) is 9.02. The van der Waals surface area contributed by atoms with Crippen LogP contribution in [0.15, 0.2) is 17.8 Å². The number of hydrogen-bond acceptors (Lipinski definition) is 6. The van der Waals surface area contributed by atoms with E-state index in [0.29, 0.717) is 19.0 Å². The first-order chi connectivity index (χ1) is 12.1. The molecule has 0 saturated carbocycles. The summed E-state index contributed by atoms with van der Waals surface area (Å²) in [5, 5.41) is 6.26. The molecule has 0 spiro atoms. The lowest BCUT2D eigenvalue weighted by molar-refractivity contribution is -0.126. The third-order valence-electron chi connectivity index (χ3n) is 4.72. The molecular formula is C18H27N5OS. The van der Waals surface area contributed by atoms with E-state index in [2.05, 4.69) is 40.1 Å². The quantitative estimate of drug-likeness (QED) is 0.825. The van der Waals surface area contributed by atoms with E-state index in [1.165, 1.54) is 0 Å². The van der Waals surface area contributed by atoms with Gasteiger partial charge in [0, 0.05) is 25.7 Å². The van der Waals surface area contributed by atoms with Crippen LogP contribution in [-0.2, 0) is 4.79 Å². The standard InChI is InChI=1S/C18H27N5OS/c1-12(2)8-14(9-19)22-17(24)13-4-3-6-23(10-13)16-15-5-7-25-18(15)21-11-20-16/h5,7,11-14H,3-4,6,8-10,19H2,1-2H3,(H,22,24). The van der Waals surface area contributed by atoms with Gasteiger partial charge in [-0.05, 0) is 36.6 Å². The first-order valence-corrected chi connectivity index (χ1v) is 9.90. The van der Waals surface area contributed by atoms with Gasteiger partial charge in [0.15, 0.2) is 0 Å². The van der Waals surface area contributed by atoms with E-state index < -0.39 is 0 Å². The average molecular weight is 362 g/mol. The first kappa shape index (κ1) is 18.1. The lowest BCUT2D eigenvalue weighted by Gasteiger charge is -2.34. The van der Waals surface area contributed by atoms with Crippen molar-refractivity contribution in [1.29, 1.82) is 0 Å². The molecule has 0 radical (unpaired) electrons. The Labute approximate surface area is 152 Å². The summed E-state index contributed by atoms with van der Waals surface area (Å²) in [5.41, 5.74) is 5.83. The highest BCUT2D eigenvalue weighted by atomic mass is 32.1. The molecule has 7 heteroatoms. The van der Waals surface area contributed by atoms with E-state index in [1.54, 1.807) is 17.7 Å². The third kappa shape index (κ3) is 4.27. The van der Waals surface area contributed by atoms with Crippen molar-refractivity contribution in [2.45, 2.75) is 39.2 Å². The van der Waals surface area contributed by atoms with Crippen molar-refractivity contribution in [1.82, 2.24) is 15.3 Å². The van der Waals surface area contributed by atoms with Gasteiger partial charge < -0.3 is 16.0 Å². The summed E-state index contributed by atoms with van der Waals surface area (Å²) >= 11 is 1.62. The maximum atomic E-state index is 12.7. The number of thiophene rings is 1. The van der Waals surface area contributed by atoms with Crippen molar-refractivity contribution < 1.29 is 4.79 Å². The van der Waals surface area contributed by atoms with Crippen LogP contribution < -0.4 is 16.0 Å². The van der Waals surface area contributed by atoms with E-state index >= 15 is 0 Å². The van der Waals surface area contributed by atoms with Crippen LogP contribution in [0.3, 0.4) is 0 Å². The SMILES string of the molecule is CC(C)CC(CN)NC(=O)C1CCCN(c2ncnc3sccc23)C1. The Morgan fingerprint density at radius 3 is 3.08 bits per heavy atom. The highest BCUT2D eigenvalue weighted by Crippen LogP contribution is 2.30. The smallest absolute Gasteiger partial charge is 0.225 e. The molecule has 3 N–H and O–H groups in total. The van der Waals surface area contributed by atoms with Gasteiger partial charge >= 0.3 is 0 Å². The van der Waals surface area contributed by atoms with Gasteiger partial charge in [-0.25, -0.2) is 9.97 Å². The molecule has 2 aromatic heterocycles. The van der Waals surface area contributed by atoms with Crippen molar-refractivity contribution in [3.63, 3.8) is 0 Å². The van der Waals surface area contributed by atoms with Crippen LogP contribution in [0.2, 0.25) is 0 Å². The second kappa shape index (κ2) is 8.10. The minimum Gasteiger partial charge on any atom is -0.355 e. The molecule has 6 nitrogen and oxygen atoms in total. The second-order valence-corrected chi connectivity index (χ2v) is 8.09. The Bertz CT molecular complexity index is 716. The largest absolute Gasteiger partial charge is 0.355 e. The summed E-state index contributed by atoms with van der Waals surface area (Å²) < 4.78 is 0. The zero-order valence-electron chi connectivity index (χ0n) is 14.9. The predicted octanol–water partition coefficient (Wildman–Crippen LogP) is 2.40. The van der Waals surface area contributed by atoms with Gasteiger partial charge in [0.05, 0.1) is 11.3 Å². The molecule has 1 amide bonds. The number of carbonyl (C=O) groups excluding carboxylic acids is 1. The van der Waals surface area contributed by atoms with Gasteiger partial charge in [-0.3, -0.25) is 4.79 Å². The summed E-state index contributed by atoms with van der Waals surface area (Å²) in [6, 6.07) is 2.12. The maximum absolute atomic E-state index is 12.7. The summed E-state index contributed by atoms with van der Waals surface area (Å²) in [6.07, 6.45) is 4.44. The van der Waals surface area contributed by atoms with Gasteiger partial charge in [-0.15, -0.1) is 11.3 Å². The van der Waals surface area contributed by atoms with Crippen molar-refractivity contribution in [2.75, 3.05) is 24.5 Å². The van der Waals surface area contributed by atoms with Crippen molar-refractivity contribution in [2.24, 2.45) is 17.6 Å². The molecule has 2 unspecified atom stereocenters. The van der Waals surface area contributed by atoms with E-state index in [4.69, 9.17) is 5.73 Å². The zero-order chi connectivity index (χ0) is 17.8. The van der Waals surface area contributed by atoms with Crippen LogP contribution in [0.25, 0.3) is 10.2 Å². The van der Waals surface area contributed by atoms with E-state index in [0.717, 1.165) is 41.8 Å². The number of nitrogens with one attached hydrogen (secondary N) is 1. The van der Waals surface area contributed by atoms with Gasteiger partial charge in [0.1, 0.15) is 17.0 Å². The number of amides is 1. The van der Waals surface area contributed by atoms with E-state index in [1.807, 2.05) is 5.38 Å². The number of fused-ring (bicyclic) bond motifs is 1. The fourth-order valence-electron chi connectivity index (χ4n) is 3.51. The predicted molar refractivity (Wildman–Crippen MR) is 103 cm³/mol. The Kier molecular flexibility index (Phi) is 5.86. The molecule has 1 fully saturated rings. The van der Waals surface area contributed by atoms with Crippen LogP contribution in [0, 0.1) is 11.8 Å². The van der Waals surface area contributed by atoms with Crippen LogP contribution in [0.4, 0.5) is 5.82 Å². The van der Waals surface area contributed by atoms with Crippen molar-refractivity contribution in [3.8, 4) is 0 Å². The summed E-state index contributed by atoms with van der Waals surface area (Å²) in [4.78, 5) is 24.7. The molecule has 2 aromatic rings. The van der Waals surface area contributed by atoms with Crippen LogP contribution in [-0.4, -0.2) is 41.6 Å². The van der Waals surface area contributed by atoms with Gasteiger partial charge in [0.2, 0.25) is 5.91 Å². The van der Waals surface area contributed by atoms with Gasteiger partial charge in [0.25, 0.3) is 0 Å². The Hall–Kier alpha value is -1.73. The molecule has 3 heterocycles. The highest BCUT2D eigenvalue weighted by molar-refractivity contribution is 7.16. The minimum atomic E-state index is -0.0152. The summed E-state index contributed by atoms with van der Waals surface area (Å²) in [7, 11) is 0. The number of carbonyl (C=O) groups is 1. The highest BCUT2D eigenvalue weighted by Gasteiger charge is 2.28. The number of anilines is 1. The number of rotatable bonds is 6. The fourth-order valence-corrected chi connectivity index (χ4v) is 4.24. The molecule has 0 aromatic carbocycles. The lowest BCUT2D eigenvalue weighted by Crippen LogP contribution is -2.48. The molecule has 136 valence electrons. The molecule has 0 bridgehead atoms. The summed E-state index contributed by atoms with van der Waals surface area (Å²) in [6.45, 7) is 6.42. The second-order valence-electron chi connectivity index (χ2n) is 7.19. The molecular weight excluding hydrogens is 334 g/mol. The lowest BCUT2D eigenvalue weighted by atomic mass is 9.95. The van der Waals surface area contributed by atoms with Crippen LogP contribution in [0.1, 0.15) is 33.1 Å². The fraction of sp³-hybridized carbons (Fsp3) is 0.611. The van der Waals surface area contributed by atoms with E-state index in [9.17, 15) is 4.79 Å². The topological polar surface area (TPSA) is 84.1 Å². The van der Waals surface area contributed by atoms with Crippen molar-refractivity contribution in [3.05, 3.63) is 17.8 Å².